The Morgan fingerprint density at radius 2 is 1.60 bits per heavy atom. The topological polar surface area (TPSA) is 95.6 Å². The number of imide groups is 1. The molecule has 2 aromatic carbocycles. The molecule has 1 aliphatic rings. The summed E-state index contributed by atoms with van der Waals surface area (Å²) in [5.74, 6) is -0.746. The van der Waals surface area contributed by atoms with E-state index in [0.717, 1.165) is 11.3 Å². The Kier molecular flexibility index (Phi) is 6.89. The van der Waals surface area contributed by atoms with E-state index in [4.69, 9.17) is 0 Å². The minimum atomic E-state index is -0.506. The van der Waals surface area contributed by atoms with Gasteiger partial charge in [0.25, 0.3) is 0 Å². The third kappa shape index (κ3) is 5.27. The fourth-order valence-corrected chi connectivity index (χ4v) is 4.15. The molecule has 8 heteroatoms. The van der Waals surface area contributed by atoms with Gasteiger partial charge in [-0.15, -0.1) is 11.8 Å². The summed E-state index contributed by atoms with van der Waals surface area (Å²) in [5.41, 5.74) is 1.78. The zero-order valence-electron chi connectivity index (χ0n) is 16.8. The molecule has 3 rings (SSSR count). The molecule has 30 heavy (non-hydrogen) atoms. The van der Waals surface area contributed by atoms with Crippen molar-refractivity contribution in [3.05, 3.63) is 48.5 Å². The second kappa shape index (κ2) is 9.58. The van der Waals surface area contributed by atoms with Gasteiger partial charge in [-0.1, -0.05) is 6.92 Å². The molecule has 0 aromatic heterocycles. The van der Waals surface area contributed by atoms with Crippen LogP contribution in [0, 0.1) is 0 Å². The maximum atomic E-state index is 12.8. The van der Waals surface area contributed by atoms with E-state index in [1.807, 2.05) is 19.1 Å². The van der Waals surface area contributed by atoms with Gasteiger partial charge in [0.05, 0.1) is 10.9 Å². The van der Waals surface area contributed by atoms with E-state index in [2.05, 4.69) is 10.6 Å². The van der Waals surface area contributed by atoms with Gasteiger partial charge in [-0.05, 0) is 55.0 Å². The normalized spacial score (nSPS) is 15.9. The van der Waals surface area contributed by atoms with E-state index < -0.39 is 5.25 Å². The molecule has 1 heterocycles. The number of nitrogens with one attached hydrogen (secondary N) is 2. The first-order valence-electron chi connectivity index (χ1n) is 9.68. The van der Waals surface area contributed by atoms with E-state index >= 15 is 0 Å². The van der Waals surface area contributed by atoms with Crippen molar-refractivity contribution in [2.45, 2.75) is 43.3 Å². The number of rotatable bonds is 7. The molecule has 0 aliphatic carbocycles. The van der Waals surface area contributed by atoms with Crippen LogP contribution in [0.25, 0.3) is 0 Å². The predicted octanol–water partition coefficient (Wildman–Crippen LogP) is 3.81. The fraction of sp³-hybridized carbons (Fsp3) is 0.273. The van der Waals surface area contributed by atoms with Crippen LogP contribution in [0.15, 0.2) is 53.4 Å². The lowest BCUT2D eigenvalue weighted by molar-refractivity contribution is -0.121. The number of carbonyl (C=O) groups is 4. The summed E-state index contributed by atoms with van der Waals surface area (Å²) < 4.78 is 0. The van der Waals surface area contributed by atoms with Crippen molar-refractivity contribution >= 4 is 52.5 Å². The molecule has 1 aliphatic heterocycles. The summed E-state index contributed by atoms with van der Waals surface area (Å²) in [6.45, 7) is 3.36. The minimum absolute atomic E-state index is 0.0327. The molecule has 0 bridgehead atoms. The first-order valence-corrected chi connectivity index (χ1v) is 10.6. The minimum Gasteiger partial charge on any atom is -0.326 e. The lowest BCUT2D eigenvalue weighted by Crippen LogP contribution is -2.31. The third-order valence-corrected chi connectivity index (χ3v) is 5.64. The number of anilines is 3. The number of nitrogens with zero attached hydrogens (tertiary/aromatic N) is 1. The Morgan fingerprint density at radius 1 is 1.00 bits per heavy atom. The lowest BCUT2D eigenvalue weighted by Gasteiger charge is -2.15. The molecule has 0 radical (unpaired) electrons. The van der Waals surface area contributed by atoms with Gasteiger partial charge in [0.1, 0.15) is 0 Å². The average molecular weight is 426 g/mol. The Labute approximate surface area is 179 Å². The van der Waals surface area contributed by atoms with Crippen LogP contribution >= 0.6 is 11.8 Å². The maximum Gasteiger partial charge on any atom is 0.247 e. The predicted molar refractivity (Wildman–Crippen MR) is 117 cm³/mol. The molecule has 2 aromatic rings. The van der Waals surface area contributed by atoms with Crippen LogP contribution in [0.2, 0.25) is 0 Å². The van der Waals surface area contributed by atoms with Gasteiger partial charge >= 0.3 is 0 Å². The number of benzene rings is 2. The molecule has 0 spiro atoms. The SMILES string of the molecule is CCCC(=O)Nc1ccc(SC2CC(=O)N(c3ccc(NC(C)=O)cc3)C2=O)cc1. The van der Waals surface area contributed by atoms with Crippen molar-refractivity contribution in [2.75, 3.05) is 15.5 Å². The second-order valence-corrected chi connectivity index (χ2v) is 8.20. The zero-order valence-corrected chi connectivity index (χ0v) is 17.6. The summed E-state index contributed by atoms with van der Waals surface area (Å²) in [6.07, 6.45) is 1.37. The quantitative estimate of drug-likeness (QED) is 0.658. The number of thioether (sulfide) groups is 1. The van der Waals surface area contributed by atoms with Crippen LogP contribution < -0.4 is 15.5 Å². The number of amides is 4. The van der Waals surface area contributed by atoms with Gasteiger partial charge in [0.15, 0.2) is 0 Å². The summed E-state index contributed by atoms with van der Waals surface area (Å²) >= 11 is 1.33. The zero-order chi connectivity index (χ0) is 21.7. The monoisotopic (exact) mass is 425 g/mol. The van der Waals surface area contributed by atoms with E-state index in [1.54, 1.807) is 36.4 Å². The summed E-state index contributed by atoms with van der Waals surface area (Å²) in [5, 5.41) is 4.97. The molecule has 2 N–H and O–H groups in total. The fourth-order valence-electron chi connectivity index (χ4n) is 3.10. The molecule has 156 valence electrons. The molecular weight excluding hydrogens is 402 g/mol. The first-order chi connectivity index (χ1) is 14.4. The van der Waals surface area contributed by atoms with Gasteiger partial charge in [-0.3, -0.25) is 19.2 Å². The molecule has 1 unspecified atom stereocenters. The highest BCUT2D eigenvalue weighted by Crippen LogP contribution is 2.34. The molecule has 0 saturated carbocycles. The first kappa shape index (κ1) is 21.6. The van der Waals surface area contributed by atoms with Crippen molar-refractivity contribution in [1.29, 1.82) is 0 Å². The van der Waals surface area contributed by atoms with Gasteiger partial charge < -0.3 is 10.6 Å². The van der Waals surface area contributed by atoms with E-state index in [1.165, 1.54) is 23.6 Å². The van der Waals surface area contributed by atoms with Crippen LogP contribution in [-0.2, 0) is 19.2 Å². The highest BCUT2D eigenvalue weighted by molar-refractivity contribution is 8.00. The second-order valence-electron chi connectivity index (χ2n) is 6.93. The lowest BCUT2D eigenvalue weighted by atomic mass is 10.2. The summed E-state index contributed by atoms with van der Waals surface area (Å²) in [6, 6.07) is 13.8. The van der Waals surface area contributed by atoms with Crippen molar-refractivity contribution in [3.63, 3.8) is 0 Å². The van der Waals surface area contributed by atoms with Gasteiger partial charge in [-0.25, -0.2) is 4.90 Å². The van der Waals surface area contributed by atoms with E-state index in [0.29, 0.717) is 23.5 Å². The Hall–Kier alpha value is -3.13. The maximum absolute atomic E-state index is 12.8. The summed E-state index contributed by atoms with van der Waals surface area (Å²) in [4.78, 5) is 50.1. The van der Waals surface area contributed by atoms with E-state index in [-0.39, 0.29) is 30.0 Å². The third-order valence-electron chi connectivity index (χ3n) is 4.44. The largest absolute Gasteiger partial charge is 0.326 e. The molecule has 1 atom stereocenters. The average Bonchev–Trinajstić information content (AvgIpc) is 2.97. The van der Waals surface area contributed by atoms with Crippen molar-refractivity contribution in [2.24, 2.45) is 0 Å². The number of carbonyl (C=O) groups excluding carboxylic acids is 4. The van der Waals surface area contributed by atoms with E-state index in [9.17, 15) is 19.2 Å². The molecule has 7 nitrogen and oxygen atoms in total. The highest BCUT2D eigenvalue weighted by Gasteiger charge is 2.40. The van der Waals surface area contributed by atoms with Crippen LogP contribution in [0.4, 0.5) is 17.1 Å². The Balaban J connectivity index is 1.64. The Morgan fingerprint density at radius 3 is 2.20 bits per heavy atom. The van der Waals surface area contributed by atoms with Crippen LogP contribution in [-0.4, -0.2) is 28.9 Å². The standard InChI is InChI=1S/C22H23N3O4S/c1-3-4-20(27)24-16-7-11-18(12-8-16)30-19-13-21(28)25(22(19)29)17-9-5-15(6-10-17)23-14(2)26/h5-12,19H,3-4,13H2,1-2H3,(H,23,26)(H,24,27). The number of hydrogen-bond donors (Lipinski definition) is 2. The molecule has 1 fully saturated rings. The van der Waals surface area contributed by atoms with Crippen molar-refractivity contribution < 1.29 is 19.2 Å². The van der Waals surface area contributed by atoms with Gasteiger partial charge in [0, 0.05) is 36.0 Å². The van der Waals surface area contributed by atoms with Crippen LogP contribution in [0.5, 0.6) is 0 Å². The smallest absolute Gasteiger partial charge is 0.247 e. The van der Waals surface area contributed by atoms with Crippen molar-refractivity contribution in [1.82, 2.24) is 0 Å². The molecule has 4 amide bonds. The summed E-state index contributed by atoms with van der Waals surface area (Å²) in [7, 11) is 0. The molecular formula is C22H23N3O4S. The van der Waals surface area contributed by atoms with Crippen molar-refractivity contribution in [3.8, 4) is 0 Å². The van der Waals surface area contributed by atoms with Crippen LogP contribution in [0.1, 0.15) is 33.1 Å². The van der Waals surface area contributed by atoms with Crippen LogP contribution in [0.3, 0.4) is 0 Å². The van der Waals surface area contributed by atoms with Gasteiger partial charge in [0.2, 0.25) is 23.6 Å². The highest BCUT2D eigenvalue weighted by atomic mass is 32.2. The molecule has 1 saturated heterocycles. The van der Waals surface area contributed by atoms with Gasteiger partial charge in [-0.2, -0.15) is 0 Å². The Bertz CT molecular complexity index is 957. The number of hydrogen-bond acceptors (Lipinski definition) is 5.